The van der Waals surface area contributed by atoms with E-state index in [0.29, 0.717) is 16.9 Å². The Kier molecular flexibility index (Phi) is 3.21. The van der Waals surface area contributed by atoms with E-state index in [1.54, 1.807) is 6.07 Å². The van der Waals surface area contributed by atoms with E-state index in [1.807, 2.05) is 23.9 Å². The third-order valence-corrected chi connectivity index (χ3v) is 3.59. The molecule has 14 heavy (non-hydrogen) atoms. The molecular formula is C10H11ClO2S. The standard InChI is InChI=1S/C10H11ClO2S/c11-9-3-7(4-12)1-2-10(9)13-8-5-14-6-8/h1-3,8,12H,4-6H2. The fourth-order valence-electron chi connectivity index (χ4n) is 1.20. The van der Waals surface area contributed by atoms with Crippen LogP contribution < -0.4 is 4.74 Å². The maximum Gasteiger partial charge on any atom is 0.138 e. The van der Waals surface area contributed by atoms with Crippen LogP contribution in [-0.2, 0) is 6.61 Å². The second-order valence-corrected chi connectivity index (χ2v) is 4.68. The third kappa shape index (κ3) is 2.16. The Bertz CT molecular complexity index is 326. The van der Waals surface area contributed by atoms with Gasteiger partial charge in [0.15, 0.2) is 0 Å². The van der Waals surface area contributed by atoms with Crippen LogP contribution in [0.5, 0.6) is 5.75 Å². The van der Waals surface area contributed by atoms with Gasteiger partial charge in [-0.3, -0.25) is 0 Å². The van der Waals surface area contributed by atoms with Crippen LogP contribution in [-0.4, -0.2) is 22.7 Å². The average Bonchev–Trinajstić information content (AvgIpc) is 2.13. The Morgan fingerprint density at radius 2 is 2.29 bits per heavy atom. The van der Waals surface area contributed by atoms with Crippen molar-refractivity contribution in [2.75, 3.05) is 11.5 Å². The van der Waals surface area contributed by atoms with Crippen molar-refractivity contribution in [2.24, 2.45) is 0 Å². The van der Waals surface area contributed by atoms with Crippen molar-refractivity contribution >= 4 is 23.4 Å². The molecule has 1 aliphatic heterocycles. The lowest BCUT2D eigenvalue weighted by Crippen LogP contribution is -2.31. The number of halogens is 1. The maximum absolute atomic E-state index is 8.89. The summed E-state index contributed by atoms with van der Waals surface area (Å²) in [4.78, 5) is 0. The monoisotopic (exact) mass is 230 g/mol. The number of hydrogen-bond acceptors (Lipinski definition) is 3. The predicted octanol–water partition coefficient (Wildman–Crippen LogP) is 2.33. The molecule has 0 bridgehead atoms. The fraction of sp³-hybridized carbons (Fsp3) is 0.400. The molecule has 1 aromatic rings. The van der Waals surface area contributed by atoms with E-state index in [4.69, 9.17) is 21.4 Å². The van der Waals surface area contributed by atoms with Crippen LogP contribution in [0.3, 0.4) is 0 Å². The molecule has 1 aromatic carbocycles. The lowest BCUT2D eigenvalue weighted by molar-refractivity contribution is 0.240. The van der Waals surface area contributed by atoms with Gasteiger partial charge < -0.3 is 9.84 Å². The molecule has 0 aromatic heterocycles. The number of benzene rings is 1. The van der Waals surface area contributed by atoms with E-state index >= 15 is 0 Å². The summed E-state index contributed by atoms with van der Waals surface area (Å²) >= 11 is 7.86. The number of thioether (sulfide) groups is 1. The number of aliphatic hydroxyl groups is 1. The van der Waals surface area contributed by atoms with E-state index in [1.165, 1.54) is 0 Å². The maximum atomic E-state index is 8.89. The molecule has 0 amide bonds. The molecule has 76 valence electrons. The second-order valence-electron chi connectivity index (χ2n) is 3.20. The smallest absolute Gasteiger partial charge is 0.138 e. The van der Waals surface area contributed by atoms with Crippen LogP contribution in [0, 0.1) is 0 Å². The first-order valence-electron chi connectivity index (χ1n) is 4.43. The highest BCUT2D eigenvalue weighted by Gasteiger charge is 2.20. The van der Waals surface area contributed by atoms with Crippen LogP contribution in [0.1, 0.15) is 5.56 Å². The Morgan fingerprint density at radius 3 is 2.79 bits per heavy atom. The zero-order valence-electron chi connectivity index (χ0n) is 7.57. The molecule has 0 radical (unpaired) electrons. The summed E-state index contributed by atoms with van der Waals surface area (Å²) in [5.74, 6) is 2.80. The molecule has 0 aliphatic carbocycles. The van der Waals surface area contributed by atoms with Crippen molar-refractivity contribution in [3.63, 3.8) is 0 Å². The second kappa shape index (κ2) is 4.43. The van der Waals surface area contributed by atoms with Crippen LogP contribution in [0.15, 0.2) is 18.2 Å². The molecule has 0 saturated carbocycles. The lowest BCUT2D eigenvalue weighted by Gasteiger charge is -2.26. The molecule has 2 rings (SSSR count). The Labute approximate surface area is 92.2 Å². The normalized spacial score (nSPS) is 16.4. The Balaban J connectivity index is 2.09. The number of aliphatic hydroxyl groups excluding tert-OH is 1. The largest absolute Gasteiger partial charge is 0.487 e. The summed E-state index contributed by atoms with van der Waals surface area (Å²) in [5, 5.41) is 9.47. The molecule has 4 heteroatoms. The zero-order valence-corrected chi connectivity index (χ0v) is 9.14. The van der Waals surface area contributed by atoms with Gasteiger partial charge in [-0.05, 0) is 17.7 Å². The molecule has 1 fully saturated rings. The minimum atomic E-state index is 0.0132. The first-order chi connectivity index (χ1) is 6.79. The summed E-state index contributed by atoms with van der Waals surface area (Å²) in [5.41, 5.74) is 0.810. The molecule has 1 saturated heterocycles. The highest BCUT2D eigenvalue weighted by atomic mass is 35.5. The van der Waals surface area contributed by atoms with Gasteiger partial charge in [0.05, 0.1) is 11.6 Å². The van der Waals surface area contributed by atoms with E-state index < -0.39 is 0 Å². The van der Waals surface area contributed by atoms with Crippen LogP contribution in [0.25, 0.3) is 0 Å². The number of hydrogen-bond donors (Lipinski definition) is 1. The quantitative estimate of drug-likeness (QED) is 0.864. The van der Waals surface area contributed by atoms with Gasteiger partial charge in [0.25, 0.3) is 0 Å². The van der Waals surface area contributed by atoms with Crippen molar-refractivity contribution in [3.05, 3.63) is 28.8 Å². The number of rotatable bonds is 3. The topological polar surface area (TPSA) is 29.5 Å². The molecule has 0 unspecified atom stereocenters. The zero-order chi connectivity index (χ0) is 9.97. The molecule has 1 heterocycles. The van der Waals surface area contributed by atoms with Gasteiger partial charge in [-0.25, -0.2) is 0 Å². The van der Waals surface area contributed by atoms with Crippen molar-refractivity contribution < 1.29 is 9.84 Å². The minimum absolute atomic E-state index is 0.0132. The van der Waals surface area contributed by atoms with Crippen molar-refractivity contribution in [3.8, 4) is 5.75 Å². The van der Waals surface area contributed by atoms with Crippen LogP contribution >= 0.6 is 23.4 Å². The predicted molar refractivity (Wildman–Crippen MR) is 59.1 cm³/mol. The van der Waals surface area contributed by atoms with Gasteiger partial charge in [-0.15, -0.1) is 0 Å². The van der Waals surface area contributed by atoms with Gasteiger partial charge in [0.1, 0.15) is 11.9 Å². The Hall–Kier alpha value is -0.380. The van der Waals surface area contributed by atoms with Gasteiger partial charge >= 0.3 is 0 Å². The van der Waals surface area contributed by atoms with E-state index in [-0.39, 0.29) is 6.61 Å². The van der Waals surface area contributed by atoms with Gasteiger partial charge in [-0.2, -0.15) is 11.8 Å². The van der Waals surface area contributed by atoms with Crippen molar-refractivity contribution in [1.29, 1.82) is 0 Å². The van der Waals surface area contributed by atoms with Gasteiger partial charge in [-0.1, -0.05) is 17.7 Å². The summed E-state index contributed by atoms with van der Waals surface area (Å²) < 4.78 is 5.65. The summed E-state index contributed by atoms with van der Waals surface area (Å²) in [6.07, 6.45) is 0.303. The molecule has 1 N–H and O–H groups in total. The van der Waals surface area contributed by atoms with Gasteiger partial charge in [0.2, 0.25) is 0 Å². The molecule has 1 aliphatic rings. The highest BCUT2D eigenvalue weighted by Crippen LogP contribution is 2.30. The van der Waals surface area contributed by atoms with Gasteiger partial charge in [0, 0.05) is 11.5 Å². The van der Waals surface area contributed by atoms with Crippen molar-refractivity contribution in [2.45, 2.75) is 12.7 Å². The van der Waals surface area contributed by atoms with E-state index in [2.05, 4.69) is 0 Å². The highest BCUT2D eigenvalue weighted by molar-refractivity contribution is 8.00. The lowest BCUT2D eigenvalue weighted by atomic mass is 10.2. The molecule has 0 spiro atoms. The first kappa shape index (κ1) is 10.1. The average molecular weight is 231 g/mol. The molecule has 2 nitrogen and oxygen atoms in total. The van der Waals surface area contributed by atoms with Crippen molar-refractivity contribution in [1.82, 2.24) is 0 Å². The molecule has 0 atom stereocenters. The Morgan fingerprint density at radius 1 is 1.50 bits per heavy atom. The molecular weight excluding hydrogens is 220 g/mol. The first-order valence-corrected chi connectivity index (χ1v) is 5.96. The summed E-state index contributed by atoms with van der Waals surface area (Å²) in [6, 6.07) is 5.38. The third-order valence-electron chi connectivity index (χ3n) is 2.08. The minimum Gasteiger partial charge on any atom is -0.487 e. The fourth-order valence-corrected chi connectivity index (χ4v) is 2.01. The summed E-state index contributed by atoms with van der Waals surface area (Å²) in [6.45, 7) is 0.0132. The van der Waals surface area contributed by atoms with E-state index in [0.717, 1.165) is 17.1 Å². The SMILES string of the molecule is OCc1ccc(OC2CSC2)c(Cl)c1. The van der Waals surface area contributed by atoms with Crippen LogP contribution in [0.4, 0.5) is 0 Å². The summed E-state index contributed by atoms with van der Waals surface area (Å²) in [7, 11) is 0. The van der Waals surface area contributed by atoms with E-state index in [9.17, 15) is 0 Å². The number of ether oxygens (including phenoxy) is 1. The van der Waals surface area contributed by atoms with Crippen LogP contribution in [0.2, 0.25) is 5.02 Å².